The van der Waals surface area contributed by atoms with Crippen LogP contribution in [0.3, 0.4) is 0 Å². The smallest absolute Gasteiger partial charge is 0.338 e. The second-order valence-electron chi connectivity index (χ2n) is 3.59. The monoisotopic (exact) mass is 212 g/mol. The fourth-order valence-electron chi connectivity index (χ4n) is 1.10. The van der Waals surface area contributed by atoms with Gasteiger partial charge >= 0.3 is 5.97 Å². The minimum atomic E-state index is -0.960. The van der Waals surface area contributed by atoms with Crippen LogP contribution in [0.4, 0.5) is 0 Å². The molecule has 0 unspecified atom stereocenters. The molecule has 0 bridgehead atoms. The second kappa shape index (κ2) is 5.53. The lowest BCUT2D eigenvalue weighted by atomic mass is 10.3. The van der Waals surface area contributed by atoms with E-state index in [2.05, 4.69) is 10.2 Å². The van der Waals surface area contributed by atoms with Gasteiger partial charge in [-0.2, -0.15) is 0 Å². The number of carboxylic acid groups (broad SMARTS) is 1. The highest BCUT2D eigenvalue weighted by Gasteiger charge is 2.07. The molecule has 5 heteroatoms. The van der Waals surface area contributed by atoms with Gasteiger partial charge in [0.2, 0.25) is 0 Å². The molecule has 0 spiro atoms. The highest BCUT2D eigenvalue weighted by molar-refractivity contribution is 5.87. The zero-order chi connectivity index (χ0) is 11.3. The number of hydrogen-bond acceptors (Lipinski definition) is 4. The Hall–Kier alpha value is -1.33. The maximum atomic E-state index is 10.5. The van der Waals surface area contributed by atoms with Gasteiger partial charge in [-0.25, -0.2) is 4.79 Å². The number of nitrogens with one attached hydrogen (secondary N) is 1. The molecule has 1 aromatic heterocycles. The highest BCUT2D eigenvalue weighted by atomic mass is 16.4. The van der Waals surface area contributed by atoms with Gasteiger partial charge in [0, 0.05) is 13.1 Å². The average Bonchev–Trinajstić information content (AvgIpc) is 2.60. The van der Waals surface area contributed by atoms with Crippen molar-refractivity contribution in [2.24, 2.45) is 0 Å². The lowest BCUT2D eigenvalue weighted by Crippen LogP contribution is -2.26. The predicted molar refractivity (Wildman–Crippen MR) is 55.9 cm³/mol. The summed E-state index contributed by atoms with van der Waals surface area (Å²) in [4.78, 5) is 12.6. The maximum absolute atomic E-state index is 10.5. The first-order valence-corrected chi connectivity index (χ1v) is 4.75. The highest BCUT2D eigenvalue weighted by Crippen LogP contribution is 2.06. The zero-order valence-electron chi connectivity index (χ0n) is 8.99. The van der Waals surface area contributed by atoms with Gasteiger partial charge in [0.1, 0.15) is 12.0 Å². The Balaban J connectivity index is 2.29. The third kappa shape index (κ3) is 4.14. The van der Waals surface area contributed by atoms with Crippen LogP contribution in [0, 0.1) is 0 Å². The number of furan rings is 1. The van der Waals surface area contributed by atoms with Gasteiger partial charge in [-0.3, -0.25) is 0 Å². The van der Waals surface area contributed by atoms with Crippen LogP contribution in [0.5, 0.6) is 0 Å². The Morgan fingerprint density at radius 1 is 1.60 bits per heavy atom. The molecule has 0 aliphatic heterocycles. The van der Waals surface area contributed by atoms with E-state index < -0.39 is 5.97 Å². The molecule has 84 valence electrons. The molecule has 0 fully saturated rings. The van der Waals surface area contributed by atoms with E-state index in [-0.39, 0.29) is 5.56 Å². The third-order valence-electron chi connectivity index (χ3n) is 1.94. The summed E-state index contributed by atoms with van der Waals surface area (Å²) in [7, 11) is 3.99. The number of carbonyl (C=O) groups is 1. The fourth-order valence-corrected chi connectivity index (χ4v) is 1.10. The van der Waals surface area contributed by atoms with Gasteiger partial charge in [-0.05, 0) is 20.2 Å². The predicted octanol–water partition coefficient (Wildman–Crippen LogP) is 0.629. The van der Waals surface area contributed by atoms with Crippen molar-refractivity contribution in [2.75, 3.05) is 27.2 Å². The molecule has 1 aromatic rings. The van der Waals surface area contributed by atoms with Crippen molar-refractivity contribution in [1.29, 1.82) is 0 Å². The number of likely N-dealkylation sites (N-methyl/N-ethyl adjacent to an activating group) is 1. The van der Waals surface area contributed by atoms with Crippen molar-refractivity contribution in [3.05, 3.63) is 23.7 Å². The van der Waals surface area contributed by atoms with E-state index in [9.17, 15) is 4.79 Å². The summed E-state index contributed by atoms with van der Waals surface area (Å²) < 4.78 is 5.08. The van der Waals surface area contributed by atoms with Crippen molar-refractivity contribution in [1.82, 2.24) is 10.2 Å². The molecule has 0 saturated heterocycles. The van der Waals surface area contributed by atoms with Crippen LogP contribution >= 0.6 is 0 Å². The molecule has 1 rings (SSSR count). The van der Waals surface area contributed by atoms with Gasteiger partial charge in [-0.1, -0.05) is 0 Å². The summed E-state index contributed by atoms with van der Waals surface area (Å²) in [5, 5.41) is 11.8. The fraction of sp³-hybridized carbons (Fsp3) is 0.500. The molecular formula is C10H16N2O3. The minimum absolute atomic E-state index is 0.194. The molecule has 15 heavy (non-hydrogen) atoms. The molecule has 2 N–H and O–H groups in total. The first kappa shape index (κ1) is 11.7. The molecule has 0 aliphatic carbocycles. The van der Waals surface area contributed by atoms with Crippen molar-refractivity contribution in [3.8, 4) is 0 Å². The van der Waals surface area contributed by atoms with Crippen molar-refractivity contribution in [3.63, 3.8) is 0 Å². The molecule has 1 heterocycles. The van der Waals surface area contributed by atoms with Gasteiger partial charge in [-0.15, -0.1) is 0 Å². The van der Waals surface area contributed by atoms with Gasteiger partial charge in [0.05, 0.1) is 12.1 Å². The van der Waals surface area contributed by atoms with Crippen LogP contribution in [0.25, 0.3) is 0 Å². The minimum Gasteiger partial charge on any atom is -0.478 e. The summed E-state index contributed by atoms with van der Waals surface area (Å²) in [6, 6.07) is 1.53. The van der Waals surface area contributed by atoms with Gasteiger partial charge in [0.15, 0.2) is 0 Å². The largest absolute Gasteiger partial charge is 0.478 e. The average molecular weight is 212 g/mol. The van der Waals surface area contributed by atoms with Crippen molar-refractivity contribution in [2.45, 2.75) is 6.54 Å². The standard InChI is InChI=1S/C10H16N2O3/c1-12(2)4-3-11-6-9-5-8(7-15-9)10(13)14/h5,7,11H,3-4,6H2,1-2H3,(H,13,14). The zero-order valence-corrected chi connectivity index (χ0v) is 8.99. The molecular weight excluding hydrogens is 196 g/mol. The van der Waals surface area contributed by atoms with E-state index in [4.69, 9.17) is 9.52 Å². The van der Waals surface area contributed by atoms with E-state index in [1.165, 1.54) is 12.3 Å². The quantitative estimate of drug-likeness (QED) is 0.677. The Morgan fingerprint density at radius 3 is 2.87 bits per heavy atom. The van der Waals surface area contributed by atoms with E-state index in [1.54, 1.807) is 0 Å². The van der Waals surface area contributed by atoms with Gasteiger partial charge in [0.25, 0.3) is 0 Å². The summed E-state index contributed by atoms with van der Waals surface area (Å²) in [5.74, 6) is -0.315. The summed E-state index contributed by atoms with van der Waals surface area (Å²) in [6.45, 7) is 2.34. The van der Waals surface area contributed by atoms with Crippen LogP contribution in [0.2, 0.25) is 0 Å². The Morgan fingerprint density at radius 2 is 2.33 bits per heavy atom. The van der Waals surface area contributed by atoms with Crippen LogP contribution in [-0.4, -0.2) is 43.2 Å². The first-order valence-electron chi connectivity index (χ1n) is 4.75. The van der Waals surface area contributed by atoms with E-state index in [0.717, 1.165) is 13.1 Å². The van der Waals surface area contributed by atoms with E-state index >= 15 is 0 Å². The number of nitrogens with zero attached hydrogens (tertiary/aromatic N) is 1. The van der Waals surface area contributed by atoms with Crippen LogP contribution in [0.1, 0.15) is 16.1 Å². The molecule has 5 nitrogen and oxygen atoms in total. The summed E-state index contributed by atoms with van der Waals surface area (Å²) >= 11 is 0. The molecule has 0 radical (unpaired) electrons. The van der Waals surface area contributed by atoms with Crippen molar-refractivity contribution >= 4 is 5.97 Å². The molecule has 0 aromatic carbocycles. The summed E-state index contributed by atoms with van der Waals surface area (Å²) in [5.41, 5.74) is 0.194. The van der Waals surface area contributed by atoms with Crippen LogP contribution in [-0.2, 0) is 6.54 Å². The molecule has 0 amide bonds. The Kier molecular flexibility index (Phi) is 4.33. The van der Waals surface area contributed by atoms with Gasteiger partial charge < -0.3 is 19.7 Å². The number of rotatable bonds is 6. The van der Waals surface area contributed by atoms with Crippen LogP contribution < -0.4 is 5.32 Å². The van der Waals surface area contributed by atoms with E-state index in [1.807, 2.05) is 14.1 Å². The number of aromatic carboxylic acids is 1. The Bertz CT molecular complexity index is 320. The lowest BCUT2D eigenvalue weighted by molar-refractivity contribution is 0.0696. The lowest BCUT2D eigenvalue weighted by Gasteiger charge is -2.09. The first-order chi connectivity index (χ1) is 7.09. The topological polar surface area (TPSA) is 65.7 Å². The third-order valence-corrected chi connectivity index (χ3v) is 1.94. The Labute approximate surface area is 88.7 Å². The maximum Gasteiger partial charge on any atom is 0.338 e. The summed E-state index contributed by atoms with van der Waals surface area (Å²) in [6.07, 6.45) is 1.26. The second-order valence-corrected chi connectivity index (χ2v) is 3.59. The molecule has 0 saturated carbocycles. The molecule has 0 atom stereocenters. The normalized spacial score (nSPS) is 10.9. The van der Waals surface area contributed by atoms with E-state index in [0.29, 0.717) is 12.3 Å². The number of carboxylic acids is 1. The SMILES string of the molecule is CN(C)CCNCc1cc(C(=O)O)co1. The molecule has 0 aliphatic rings. The van der Waals surface area contributed by atoms with Crippen molar-refractivity contribution < 1.29 is 14.3 Å². The number of hydrogen-bond donors (Lipinski definition) is 2. The van der Waals surface area contributed by atoms with Crippen LogP contribution in [0.15, 0.2) is 16.7 Å².